The van der Waals surface area contributed by atoms with Gasteiger partial charge in [-0.3, -0.25) is 9.69 Å². The number of piperidine rings is 1. The maximum absolute atomic E-state index is 13.6. The molecular weight excluding hydrogens is 487 g/mol. The van der Waals surface area contributed by atoms with Gasteiger partial charge in [-0.2, -0.15) is 5.26 Å². The van der Waals surface area contributed by atoms with Crippen molar-refractivity contribution in [2.45, 2.75) is 50.6 Å². The Balaban J connectivity index is 1.17. The fourth-order valence-electron chi connectivity index (χ4n) is 6.77. The maximum Gasteiger partial charge on any atom is 0.475 e. The number of alkyl carbamates (subject to hydrolysis) is 1. The van der Waals surface area contributed by atoms with Crippen LogP contribution in [0.4, 0.5) is 4.79 Å². The standard InChI is InChI=1S/C27H37BN4O6/c1-17-4-6-18(7-5-17)12-21(28(35)36)30-25(34)38-16-27-22-20(23(22)27)15-32(27)24(33)19(14-29)13-26(2,3)31-8-10-37-11-9-31/h4-7,19-23,35-36H,8-13,15-16H2,1-3H3,(H,30,34)/t19?,20?,21-,22+,23?,27?/m0/s1. The molecule has 10 nitrogen and oxygen atoms in total. The summed E-state index contributed by atoms with van der Waals surface area (Å²) in [6, 6.07) is 9.84. The quantitative estimate of drug-likeness (QED) is 0.382. The van der Waals surface area contributed by atoms with E-state index in [1.165, 1.54) is 0 Å². The van der Waals surface area contributed by atoms with Crippen LogP contribution in [0.1, 0.15) is 31.4 Å². The molecule has 6 atom stereocenters. The summed E-state index contributed by atoms with van der Waals surface area (Å²) in [5.41, 5.74) is 1.09. The van der Waals surface area contributed by atoms with Gasteiger partial charge in [0.1, 0.15) is 12.5 Å². The molecule has 0 radical (unpaired) electrons. The van der Waals surface area contributed by atoms with Crippen molar-refractivity contribution in [1.82, 2.24) is 15.1 Å². The first-order chi connectivity index (χ1) is 18.1. The van der Waals surface area contributed by atoms with Crippen LogP contribution in [0.25, 0.3) is 0 Å². The van der Waals surface area contributed by atoms with Crippen molar-refractivity contribution in [3.8, 4) is 6.07 Å². The van der Waals surface area contributed by atoms with E-state index in [0.29, 0.717) is 43.9 Å². The molecule has 2 saturated carbocycles. The Labute approximate surface area is 224 Å². The van der Waals surface area contributed by atoms with Gasteiger partial charge in [-0.05, 0) is 56.9 Å². The van der Waals surface area contributed by atoms with Gasteiger partial charge < -0.3 is 29.7 Å². The number of amides is 2. The minimum Gasteiger partial charge on any atom is -0.447 e. The van der Waals surface area contributed by atoms with E-state index in [1.54, 1.807) is 4.90 Å². The molecule has 2 amide bonds. The Hall–Kier alpha value is -2.65. The van der Waals surface area contributed by atoms with Crippen molar-refractivity contribution in [1.29, 1.82) is 5.26 Å². The van der Waals surface area contributed by atoms with Crippen LogP contribution in [-0.2, 0) is 20.7 Å². The maximum atomic E-state index is 13.6. The summed E-state index contributed by atoms with van der Waals surface area (Å²) in [7, 11) is -1.75. The molecule has 3 heterocycles. The first kappa shape index (κ1) is 26.9. The molecule has 38 heavy (non-hydrogen) atoms. The van der Waals surface area contributed by atoms with E-state index in [2.05, 4.69) is 30.1 Å². The lowest BCUT2D eigenvalue weighted by molar-refractivity contribution is -0.137. The van der Waals surface area contributed by atoms with E-state index in [9.17, 15) is 24.9 Å². The summed E-state index contributed by atoms with van der Waals surface area (Å²) in [6.07, 6.45) is -0.0958. The van der Waals surface area contributed by atoms with Crippen LogP contribution in [0.15, 0.2) is 24.3 Å². The Morgan fingerprint density at radius 2 is 1.92 bits per heavy atom. The van der Waals surface area contributed by atoms with Gasteiger partial charge in [0.2, 0.25) is 5.91 Å². The second-order valence-electron chi connectivity index (χ2n) is 11.9. The highest BCUT2D eigenvalue weighted by Gasteiger charge is 2.92. The highest BCUT2D eigenvalue weighted by atomic mass is 16.6. The third-order valence-electron chi connectivity index (χ3n) is 9.07. The number of fused-ring (bicyclic) bond motifs is 1. The monoisotopic (exact) mass is 524 g/mol. The molecule has 1 aromatic carbocycles. The number of nitriles is 1. The number of aryl methyl sites for hydroxylation is 1. The average molecular weight is 524 g/mol. The first-order valence-electron chi connectivity index (χ1n) is 13.5. The average Bonchev–Trinajstić information content (AvgIpc) is 3.72. The zero-order valence-corrected chi connectivity index (χ0v) is 22.3. The molecule has 5 fully saturated rings. The van der Waals surface area contributed by atoms with Gasteiger partial charge >= 0.3 is 13.2 Å². The molecule has 6 rings (SSSR count). The highest BCUT2D eigenvalue weighted by molar-refractivity contribution is 6.43. The van der Waals surface area contributed by atoms with E-state index in [0.717, 1.165) is 24.2 Å². The van der Waals surface area contributed by atoms with Gasteiger partial charge in [0, 0.05) is 25.2 Å². The van der Waals surface area contributed by atoms with Crippen molar-refractivity contribution in [3.05, 3.63) is 35.4 Å². The summed E-state index contributed by atoms with van der Waals surface area (Å²) in [4.78, 5) is 30.3. The molecule has 11 heteroatoms. The lowest BCUT2D eigenvalue weighted by atomic mass is 9.76. The van der Waals surface area contributed by atoms with Gasteiger partial charge in [0.25, 0.3) is 0 Å². The predicted molar refractivity (Wildman–Crippen MR) is 138 cm³/mol. The number of carbonyl (C=O) groups excluding carboxylic acids is 2. The third kappa shape index (κ3) is 4.91. The largest absolute Gasteiger partial charge is 0.475 e. The van der Waals surface area contributed by atoms with Crippen molar-refractivity contribution >= 4 is 19.1 Å². The number of rotatable bonds is 10. The van der Waals surface area contributed by atoms with Crippen LogP contribution >= 0.6 is 0 Å². The van der Waals surface area contributed by atoms with Crippen molar-refractivity contribution in [3.63, 3.8) is 0 Å². The van der Waals surface area contributed by atoms with E-state index in [1.807, 2.05) is 31.2 Å². The highest BCUT2D eigenvalue weighted by Crippen LogP contribution is 2.83. The molecule has 4 unspecified atom stereocenters. The number of carbonyl (C=O) groups is 2. The molecule has 3 saturated heterocycles. The number of morpholine rings is 1. The number of benzene rings is 1. The molecule has 2 bridgehead atoms. The third-order valence-corrected chi connectivity index (χ3v) is 9.07. The zero-order chi connectivity index (χ0) is 27.2. The second-order valence-corrected chi connectivity index (χ2v) is 11.9. The summed E-state index contributed by atoms with van der Waals surface area (Å²) in [5.74, 6) is -0.842. The van der Waals surface area contributed by atoms with Crippen LogP contribution in [0.2, 0.25) is 0 Å². The van der Waals surface area contributed by atoms with Crippen LogP contribution in [-0.4, -0.2) is 95.4 Å². The van der Waals surface area contributed by atoms with Crippen LogP contribution in [0.5, 0.6) is 0 Å². The Morgan fingerprint density at radius 3 is 2.53 bits per heavy atom. The Kier molecular flexibility index (Phi) is 7.20. The molecule has 0 spiro atoms. The fraction of sp³-hybridized carbons (Fsp3) is 0.667. The first-order valence-corrected chi connectivity index (χ1v) is 13.5. The van der Waals surface area contributed by atoms with E-state index in [-0.39, 0.29) is 24.5 Å². The second kappa shape index (κ2) is 10.2. The molecule has 204 valence electrons. The SMILES string of the molecule is Cc1ccc(C[C@H](NC(=O)OCC23C4C(CN2C(=O)C(C#N)CC(C)(C)N2CCOCC2)[C@H]43)B(O)O)cc1. The van der Waals surface area contributed by atoms with Gasteiger partial charge in [-0.1, -0.05) is 29.8 Å². The Bertz CT molecular complexity index is 1090. The lowest BCUT2D eigenvalue weighted by Crippen LogP contribution is -2.53. The Morgan fingerprint density at radius 1 is 1.26 bits per heavy atom. The predicted octanol–water partition coefficient (Wildman–Crippen LogP) is 0.742. The molecule has 0 aromatic heterocycles. The molecule has 5 aliphatic rings. The summed E-state index contributed by atoms with van der Waals surface area (Å²) < 4.78 is 11.0. The van der Waals surface area contributed by atoms with Gasteiger partial charge in [-0.25, -0.2) is 4.79 Å². The van der Waals surface area contributed by atoms with Crippen LogP contribution < -0.4 is 5.32 Å². The van der Waals surface area contributed by atoms with E-state index < -0.39 is 30.6 Å². The number of ether oxygens (including phenoxy) is 2. The molecule has 1 aromatic rings. The smallest absolute Gasteiger partial charge is 0.447 e. The fourth-order valence-corrected chi connectivity index (χ4v) is 6.77. The molecular formula is C27H37BN4O6. The van der Waals surface area contributed by atoms with Crippen molar-refractivity contribution in [2.75, 3.05) is 39.5 Å². The van der Waals surface area contributed by atoms with Crippen molar-refractivity contribution < 1.29 is 29.1 Å². The number of hydrogen-bond donors (Lipinski definition) is 3. The number of hydrogen-bond acceptors (Lipinski definition) is 8. The summed E-state index contributed by atoms with van der Waals surface area (Å²) >= 11 is 0. The van der Waals surface area contributed by atoms with Gasteiger partial charge in [-0.15, -0.1) is 0 Å². The van der Waals surface area contributed by atoms with E-state index in [4.69, 9.17) is 9.47 Å². The summed E-state index contributed by atoms with van der Waals surface area (Å²) in [6.45, 7) is 9.58. The van der Waals surface area contributed by atoms with Gasteiger partial charge in [0.15, 0.2) is 0 Å². The topological polar surface area (TPSA) is 135 Å². The molecule has 3 aliphatic heterocycles. The lowest BCUT2D eigenvalue weighted by Gasteiger charge is -2.42. The zero-order valence-electron chi connectivity index (χ0n) is 22.3. The van der Waals surface area contributed by atoms with Gasteiger partial charge in [0.05, 0.1) is 30.8 Å². The minimum atomic E-state index is -1.75. The normalized spacial score (nSPS) is 29.1. The molecule has 2 aliphatic carbocycles. The van der Waals surface area contributed by atoms with Crippen LogP contribution in [0, 0.1) is 41.9 Å². The summed E-state index contributed by atoms with van der Waals surface area (Å²) in [5, 5.41) is 32.1. The number of nitrogens with one attached hydrogen (secondary N) is 1. The molecule has 3 N–H and O–H groups in total. The van der Waals surface area contributed by atoms with Crippen LogP contribution in [0.3, 0.4) is 0 Å². The minimum absolute atomic E-state index is 0.0419. The van der Waals surface area contributed by atoms with E-state index >= 15 is 0 Å². The van der Waals surface area contributed by atoms with Crippen molar-refractivity contribution in [2.24, 2.45) is 23.7 Å². The number of nitrogens with zero attached hydrogens (tertiary/aromatic N) is 3.